The van der Waals surface area contributed by atoms with Gasteiger partial charge < -0.3 is 14.9 Å². The molecule has 0 bridgehead atoms. The van der Waals surface area contributed by atoms with E-state index in [-0.39, 0.29) is 11.8 Å². The van der Waals surface area contributed by atoms with Gasteiger partial charge in [-0.25, -0.2) is 0 Å². The third-order valence-corrected chi connectivity index (χ3v) is 4.64. The molecule has 2 aromatic rings. The molecule has 0 saturated carbocycles. The maximum absolute atomic E-state index is 12.6. The lowest BCUT2D eigenvalue weighted by atomic mass is 10.0. The number of amides is 1. The van der Waals surface area contributed by atoms with Gasteiger partial charge in [-0.15, -0.1) is 0 Å². The number of carbonyl (C=O) groups is 1. The van der Waals surface area contributed by atoms with E-state index in [0.717, 1.165) is 30.9 Å². The van der Waals surface area contributed by atoms with Crippen LogP contribution < -0.4 is 4.90 Å². The van der Waals surface area contributed by atoms with Gasteiger partial charge in [0, 0.05) is 50.5 Å². The highest BCUT2D eigenvalue weighted by Crippen LogP contribution is 2.22. The van der Waals surface area contributed by atoms with E-state index in [9.17, 15) is 9.90 Å². The zero-order valence-electron chi connectivity index (χ0n) is 15.4. The van der Waals surface area contributed by atoms with Crippen LogP contribution in [0.15, 0.2) is 48.9 Å². The molecule has 0 spiro atoms. The number of hydrogen-bond acceptors (Lipinski definition) is 5. The van der Waals surface area contributed by atoms with Crippen molar-refractivity contribution in [2.45, 2.75) is 25.9 Å². The standard InChI is InChI=1S/C20H26N4O2/c1-20(2,26)19(25)24-11-10-23(18-6-4-3-5-7-18)14-16(15-24)12-17-13-21-8-9-22-17/h3-9,13,16,26H,10-12,14-15H2,1-2H3/t16-/m0/s1. The van der Waals surface area contributed by atoms with Crippen LogP contribution in [0, 0.1) is 5.92 Å². The summed E-state index contributed by atoms with van der Waals surface area (Å²) in [6, 6.07) is 10.2. The molecule has 0 unspecified atom stereocenters. The van der Waals surface area contributed by atoms with Crippen LogP contribution in [0.25, 0.3) is 0 Å². The molecule has 1 aromatic heterocycles. The molecule has 1 aliphatic heterocycles. The van der Waals surface area contributed by atoms with E-state index in [4.69, 9.17) is 0 Å². The molecule has 1 N–H and O–H groups in total. The third kappa shape index (κ3) is 4.58. The van der Waals surface area contributed by atoms with Crippen molar-refractivity contribution in [3.8, 4) is 0 Å². The van der Waals surface area contributed by atoms with Gasteiger partial charge in [0.05, 0.1) is 5.69 Å². The molecule has 0 aliphatic carbocycles. The van der Waals surface area contributed by atoms with Crippen molar-refractivity contribution in [1.82, 2.24) is 14.9 Å². The Labute approximate surface area is 154 Å². The molecular weight excluding hydrogens is 328 g/mol. The molecule has 6 heteroatoms. The summed E-state index contributed by atoms with van der Waals surface area (Å²) in [7, 11) is 0. The Hall–Kier alpha value is -2.47. The largest absolute Gasteiger partial charge is 0.381 e. The fourth-order valence-electron chi connectivity index (χ4n) is 3.41. The number of carbonyl (C=O) groups excluding carboxylic acids is 1. The maximum Gasteiger partial charge on any atom is 0.254 e. The monoisotopic (exact) mass is 354 g/mol. The van der Waals surface area contributed by atoms with E-state index in [1.165, 1.54) is 0 Å². The number of aliphatic hydroxyl groups is 1. The number of hydrogen-bond donors (Lipinski definition) is 1. The molecule has 138 valence electrons. The highest BCUT2D eigenvalue weighted by atomic mass is 16.3. The van der Waals surface area contributed by atoms with Crippen LogP contribution in [0.4, 0.5) is 5.69 Å². The van der Waals surface area contributed by atoms with Gasteiger partial charge in [-0.2, -0.15) is 0 Å². The molecule has 1 atom stereocenters. The molecular formula is C20H26N4O2. The molecule has 1 aromatic carbocycles. The van der Waals surface area contributed by atoms with E-state index >= 15 is 0 Å². The first-order valence-corrected chi connectivity index (χ1v) is 9.00. The number of rotatable bonds is 4. The molecule has 1 fully saturated rings. The zero-order valence-corrected chi connectivity index (χ0v) is 15.4. The van der Waals surface area contributed by atoms with Gasteiger partial charge in [0.2, 0.25) is 0 Å². The Kier molecular flexibility index (Phi) is 5.52. The summed E-state index contributed by atoms with van der Waals surface area (Å²) in [5.74, 6) is -0.0164. The first kappa shape index (κ1) is 18.3. The fourth-order valence-corrected chi connectivity index (χ4v) is 3.41. The quantitative estimate of drug-likeness (QED) is 0.906. The minimum Gasteiger partial charge on any atom is -0.381 e. The normalized spacial score (nSPS) is 18.5. The lowest BCUT2D eigenvalue weighted by Crippen LogP contribution is -2.47. The number of para-hydroxylation sites is 1. The summed E-state index contributed by atoms with van der Waals surface area (Å²) in [4.78, 5) is 25.3. The van der Waals surface area contributed by atoms with Crippen molar-refractivity contribution in [2.75, 3.05) is 31.1 Å². The van der Waals surface area contributed by atoms with Crippen LogP contribution in [-0.4, -0.2) is 57.7 Å². The van der Waals surface area contributed by atoms with Crippen LogP contribution in [0.1, 0.15) is 19.5 Å². The minimum atomic E-state index is -1.36. The van der Waals surface area contributed by atoms with Crippen LogP contribution in [0.2, 0.25) is 0 Å². The Bertz CT molecular complexity index is 716. The predicted molar refractivity (Wildman–Crippen MR) is 101 cm³/mol. The van der Waals surface area contributed by atoms with Crippen LogP contribution in [0.3, 0.4) is 0 Å². The van der Waals surface area contributed by atoms with E-state index in [1.807, 2.05) is 18.2 Å². The van der Waals surface area contributed by atoms with Crippen LogP contribution in [-0.2, 0) is 11.2 Å². The smallest absolute Gasteiger partial charge is 0.254 e. The fraction of sp³-hybridized carbons (Fsp3) is 0.450. The second-order valence-electron chi connectivity index (χ2n) is 7.36. The van der Waals surface area contributed by atoms with Gasteiger partial charge in [0.1, 0.15) is 5.60 Å². The molecule has 1 saturated heterocycles. The molecule has 3 rings (SSSR count). The first-order valence-electron chi connectivity index (χ1n) is 9.00. The summed E-state index contributed by atoms with van der Waals surface area (Å²) >= 11 is 0. The van der Waals surface area contributed by atoms with E-state index in [0.29, 0.717) is 13.1 Å². The maximum atomic E-state index is 12.6. The summed E-state index contributed by atoms with van der Waals surface area (Å²) < 4.78 is 0. The zero-order chi connectivity index (χ0) is 18.6. The number of benzene rings is 1. The van der Waals surface area contributed by atoms with E-state index < -0.39 is 5.60 Å². The predicted octanol–water partition coefficient (Wildman–Crippen LogP) is 1.75. The van der Waals surface area contributed by atoms with Crippen molar-refractivity contribution < 1.29 is 9.90 Å². The Balaban J connectivity index is 1.82. The van der Waals surface area contributed by atoms with E-state index in [1.54, 1.807) is 37.3 Å². The summed E-state index contributed by atoms with van der Waals surface area (Å²) in [5.41, 5.74) is 0.705. The highest BCUT2D eigenvalue weighted by molar-refractivity contribution is 5.84. The Morgan fingerprint density at radius 3 is 2.62 bits per heavy atom. The average Bonchev–Trinajstić information content (AvgIpc) is 2.84. The lowest BCUT2D eigenvalue weighted by molar-refractivity contribution is -0.148. The van der Waals surface area contributed by atoms with Gasteiger partial charge in [-0.1, -0.05) is 18.2 Å². The summed E-state index contributed by atoms with van der Waals surface area (Å²) in [5, 5.41) is 10.2. The van der Waals surface area contributed by atoms with Crippen molar-refractivity contribution >= 4 is 11.6 Å². The molecule has 2 heterocycles. The minimum absolute atomic E-state index is 0.209. The topological polar surface area (TPSA) is 69.6 Å². The molecule has 1 aliphatic rings. The number of anilines is 1. The number of nitrogens with zero attached hydrogens (tertiary/aromatic N) is 4. The lowest BCUT2D eigenvalue weighted by Gasteiger charge is -2.29. The van der Waals surface area contributed by atoms with Crippen molar-refractivity contribution in [1.29, 1.82) is 0 Å². The average molecular weight is 354 g/mol. The summed E-state index contributed by atoms with van der Waals surface area (Å²) in [6.45, 7) is 5.86. The van der Waals surface area contributed by atoms with Crippen LogP contribution in [0.5, 0.6) is 0 Å². The van der Waals surface area contributed by atoms with Gasteiger partial charge in [0.25, 0.3) is 5.91 Å². The first-order chi connectivity index (χ1) is 12.4. The van der Waals surface area contributed by atoms with E-state index in [2.05, 4.69) is 27.0 Å². The SMILES string of the molecule is CC(C)(O)C(=O)N1CCN(c2ccccc2)C[C@H](Cc2cnccn2)C1. The van der Waals surface area contributed by atoms with Gasteiger partial charge in [-0.05, 0) is 38.3 Å². The molecule has 26 heavy (non-hydrogen) atoms. The van der Waals surface area contributed by atoms with Crippen molar-refractivity contribution in [3.05, 3.63) is 54.6 Å². The third-order valence-electron chi connectivity index (χ3n) is 4.64. The van der Waals surface area contributed by atoms with Crippen LogP contribution >= 0.6 is 0 Å². The van der Waals surface area contributed by atoms with Crippen molar-refractivity contribution in [2.24, 2.45) is 5.92 Å². The number of aromatic nitrogens is 2. The Morgan fingerprint density at radius 1 is 1.19 bits per heavy atom. The second kappa shape index (κ2) is 7.83. The Morgan fingerprint density at radius 2 is 1.96 bits per heavy atom. The van der Waals surface area contributed by atoms with Gasteiger partial charge in [-0.3, -0.25) is 14.8 Å². The van der Waals surface area contributed by atoms with Crippen molar-refractivity contribution in [3.63, 3.8) is 0 Å². The van der Waals surface area contributed by atoms with Gasteiger partial charge >= 0.3 is 0 Å². The molecule has 1 amide bonds. The molecule has 6 nitrogen and oxygen atoms in total. The summed E-state index contributed by atoms with van der Waals surface area (Å²) in [6.07, 6.45) is 5.88. The van der Waals surface area contributed by atoms with Gasteiger partial charge in [0.15, 0.2) is 0 Å². The second-order valence-corrected chi connectivity index (χ2v) is 7.36. The molecule has 0 radical (unpaired) electrons. The highest BCUT2D eigenvalue weighted by Gasteiger charge is 2.33.